The molecule has 0 aromatic heterocycles. The summed E-state index contributed by atoms with van der Waals surface area (Å²) in [7, 11) is 1.00. The van der Waals surface area contributed by atoms with Crippen molar-refractivity contribution in [3.05, 3.63) is 0 Å². The van der Waals surface area contributed by atoms with Crippen LogP contribution < -0.4 is 0 Å². The van der Waals surface area contributed by atoms with Gasteiger partial charge in [0.1, 0.15) is 12.6 Å². The number of aldehydes is 2. The fourth-order valence-electron chi connectivity index (χ4n) is 0.915. The fraction of sp³-hybridized carbons (Fsp3) is 0.824. The lowest BCUT2D eigenvalue weighted by atomic mass is 10.2. The van der Waals surface area contributed by atoms with E-state index in [9.17, 15) is 9.59 Å². The third-order valence-electron chi connectivity index (χ3n) is 1.68. The van der Waals surface area contributed by atoms with Crippen LogP contribution in [0.5, 0.6) is 0 Å². The van der Waals surface area contributed by atoms with Crippen molar-refractivity contribution in [3.8, 4) is 0 Å². The van der Waals surface area contributed by atoms with Crippen molar-refractivity contribution < 1.29 is 29.3 Å². The molecular weight excluding hydrogens is 300 g/mol. The first-order valence-corrected chi connectivity index (χ1v) is 8.10. The molecule has 0 aromatic carbocycles. The molecule has 0 spiro atoms. The molecule has 0 heterocycles. The van der Waals surface area contributed by atoms with E-state index in [0.717, 1.165) is 38.9 Å². The zero-order chi connectivity index (χ0) is 19.4. The quantitative estimate of drug-likeness (QED) is 0.420. The smallest absolute Gasteiger partial charge is 0.305 e. The van der Waals surface area contributed by atoms with Crippen LogP contribution in [0.15, 0.2) is 0 Å². The lowest BCUT2D eigenvalue weighted by molar-refractivity contribution is -0.143. The molecule has 0 rings (SSSR count). The van der Waals surface area contributed by atoms with Gasteiger partial charge in [-0.3, -0.25) is 4.79 Å². The molecule has 0 unspecified atom stereocenters. The van der Waals surface area contributed by atoms with E-state index in [4.69, 9.17) is 15.0 Å². The Kier molecular flexibility index (Phi) is 72.2. The second-order valence-electron chi connectivity index (χ2n) is 3.77. The van der Waals surface area contributed by atoms with E-state index in [1.54, 1.807) is 6.92 Å². The van der Waals surface area contributed by atoms with E-state index >= 15 is 0 Å². The van der Waals surface area contributed by atoms with Gasteiger partial charge in [0.15, 0.2) is 0 Å². The Morgan fingerprint density at radius 1 is 1.00 bits per heavy atom. The van der Waals surface area contributed by atoms with Crippen LogP contribution in [0.4, 0.5) is 0 Å². The second-order valence-corrected chi connectivity index (χ2v) is 3.77. The minimum Gasteiger partial charge on any atom is -0.466 e. The van der Waals surface area contributed by atoms with Crippen LogP contribution in [0.1, 0.15) is 73.1 Å². The van der Waals surface area contributed by atoms with Gasteiger partial charge in [-0.25, -0.2) is 0 Å². The summed E-state index contributed by atoms with van der Waals surface area (Å²) in [5.41, 5.74) is 0. The number of ether oxygens (including phenoxy) is 1. The number of aliphatic hydroxyl groups is 2. The van der Waals surface area contributed by atoms with Crippen molar-refractivity contribution in [1.82, 2.24) is 0 Å². The van der Waals surface area contributed by atoms with Crippen LogP contribution in [-0.2, 0) is 19.1 Å². The Morgan fingerprint density at radius 2 is 1.43 bits per heavy atom. The summed E-state index contributed by atoms with van der Waals surface area (Å²) >= 11 is 0. The summed E-state index contributed by atoms with van der Waals surface area (Å²) in [5.74, 6) is -0.0880. The van der Waals surface area contributed by atoms with Crippen molar-refractivity contribution in [2.24, 2.45) is 0 Å². The Hall–Kier alpha value is -1.27. The summed E-state index contributed by atoms with van der Waals surface area (Å²) in [6.45, 7) is 9.77. The Balaban J connectivity index is -0.0000000654. The summed E-state index contributed by atoms with van der Waals surface area (Å²) in [5, 5.41) is 14.6. The van der Waals surface area contributed by atoms with Gasteiger partial charge in [-0.15, -0.1) is 0 Å². The van der Waals surface area contributed by atoms with Crippen LogP contribution in [0, 0.1) is 0 Å². The van der Waals surface area contributed by atoms with Gasteiger partial charge < -0.3 is 24.5 Å². The molecule has 0 fully saturated rings. The normalized spacial score (nSPS) is 7.30. The average Bonchev–Trinajstić information content (AvgIpc) is 2.53. The standard InChI is InChI=1S/C6H12O2.C6H12O.C2H6O.C2H4O.CH4O/c1-3-5-6(7)8-4-2;1-2-3-4-5-6-7;2*1-2-3;1-2/h3-5H2,1-2H3;6H,2-5H2,1H3;3H,2H2,1H3;2H,1H3;2H,1H3. The van der Waals surface area contributed by atoms with Crippen molar-refractivity contribution in [1.29, 1.82) is 0 Å². The highest BCUT2D eigenvalue weighted by Gasteiger charge is 1.95. The highest BCUT2D eigenvalue weighted by molar-refractivity contribution is 5.69. The van der Waals surface area contributed by atoms with Gasteiger partial charge in [0, 0.05) is 26.6 Å². The van der Waals surface area contributed by atoms with Gasteiger partial charge in [-0.2, -0.15) is 0 Å². The van der Waals surface area contributed by atoms with Crippen LogP contribution in [-0.4, -0.2) is 49.1 Å². The third kappa shape index (κ3) is 95.4. The summed E-state index contributed by atoms with van der Waals surface area (Å²) < 4.78 is 4.64. The number of unbranched alkanes of at least 4 members (excludes halogenated alkanes) is 3. The summed E-state index contributed by atoms with van der Waals surface area (Å²) in [6, 6.07) is 0. The Labute approximate surface area is 142 Å². The van der Waals surface area contributed by atoms with E-state index in [1.807, 2.05) is 13.8 Å². The first kappa shape index (κ1) is 33.4. The van der Waals surface area contributed by atoms with Gasteiger partial charge in [0.05, 0.1) is 6.61 Å². The number of hydrogen-bond donors (Lipinski definition) is 2. The molecule has 142 valence electrons. The summed E-state index contributed by atoms with van der Waals surface area (Å²) in [4.78, 5) is 28.9. The number of carbonyl (C=O) groups excluding carboxylic acids is 3. The van der Waals surface area contributed by atoms with Gasteiger partial charge >= 0.3 is 5.97 Å². The predicted octanol–water partition coefficient (Wildman–Crippen LogP) is 2.93. The van der Waals surface area contributed by atoms with E-state index in [1.165, 1.54) is 19.8 Å². The molecule has 0 bridgehead atoms. The van der Waals surface area contributed by atoms with E-state index < -0.39 is 0 Å². The number of hydrogen-bond acceptors (Lipinski definition) is 6. The Bertz CT molecular complexity index is 188. The maximum Gasteiger partial charge on any atom is 0.305 e. The monoisotopic (exact) mass is 338 g/mol. The van der Waals surface area contributed by atoms with Crippen LogP contribution in [0.3, 0.4) is 0 Å². The zero-order valence-electron chi connectivity index (χ0n) is 15.8. The molecule has 0 saturated heterocycles. The SMILES string of the molecule is CC=O.CCCC(=O)OCC.CCCCCC=O.CCO.CO. The van der Waals surface area contributed by atoms with Gasteiger partial charge in [0.2, 0.25) is 0 Å². The molecule has 23 heavy (non-hydrogen) atoms. The van der Waals surface area contributed by atoms with Crippen LogP contribution >= 0.6 is 0 Å². The minimum absolute atomic E-state index is 0.0880. The third-order valence-corrected chi connectivity index (χ3v) is 1.68. The largest absolute Gasteiger partial charge is 0.466 e. The van der Waals surface area contributed by atoms with Gasteiger partial charge in [-0.1, -0.05) is 26.7 Å². The molecule has 6 heteroatoms. The number of rotatable bonds is 7. The van der Waals surface area contributed by atoms with Crippen molar-refractivity contribution in [2.75, 3.05) is 20.3 Å². The predicted molar refractivity (Wildman–Crippen MR) is 94.4 cm³/mol. The lowest BCUT2D eigenvalue weighted by Crippen LogP contribution is -2.01. The fourth-order valence-corrected chi connectivity index (χ4v) is 0.915. The number of aliphatic hydroxyl groups excluding tert-OH is 2. The molecule has 0 aromatic rings. The molecule has 0 radical (unpaired) electrons. The van der Waals surface area contributed by atoms with E-state index in [-0.39, 0.29) is 12.6 Å². The minimum atomic E-state index is -0.0880. The van der Waals surface area contributed by atoms with Crippen LogP contribution in [0.25, 0.3) is 0 Å². The van der Waals surface area contributed by atoms with Crippen molar-refractivity contribution in [3.63, 3.8) is 0 Å². The highest BCUT2D eigenvalue weighted by Crippen LogP contribution is 1.94. The first-order valence-electron chi connectivity index (χ1n) is 8.10. The van der Waals surface area contributed by atoms with E-state index in [0.29, 0.717) is 13.0 Å². The molecule has 0 aliphatic carbocycles. The molecule has 0 aliphatic heterocycles. The van der Waals surface area contributed by atoms with Crippen molar-refractivity contribution >= 4 is 18.5 Å². The number of carbonyl (C=O) groups is 3. The maximum atomic E-state index is 10.4. The molecule has 2 N–H and O–H groups in total. The number of esters is 1. The van der Waals surface area contributed by atoms with Crippen LogP contribution in [0.2, 0.25) is 0 Å². The van der Waals surface area contributed by atoms with Crippen molar-refractivity contribution in [2.45, 2.75) is 73.1 Å². The van der Waals surface area contributed by atoms with Gasteiger partial charge in [0.25, 0.3) is 0 Å². The Morgan fingerprint density at radius 3 is 1.70 bits per heavy atom. The first-order chi connectivity index (χ1) is 11.1. The topological polar surface area (TPSA) is 101 Å². The molecule has 0 aliphatic rings. The second kappa shape index (κ2) is 49.8. The molecule has 0 atom stereocenters. The van der Waals surface area contributed by atoms with Gasteiger partial charge in [-0.05, 0) is 33.6 Å². The average molecular weight is 338 g/mol. The summed E-state index contributed by atoms with van der Waals surface area (Å²) in [6.07, 6.45) is 7.36. The maximum absolute atomic E-state index is 10.4. The lowest BCUT2D eigenvalue weighted by Gasteiger charge is -1.96. The molecule has 0 saturated carbocycles. The molecule has 0 amide bonds. The highest BCUT2D eigenvalue weighted by atomic mass is 16.5. The molecular formula is C17H38O6. The zero-order valence-corrected chi connectivity index (χ0v) is 15.8. The van der Waals surface area contributed by atoms with E-state index in [2.05, 4.69) is 11.7 Å². The molecule has 6 nitrogen and oxygen atoms in total.